The third kappa shape index (κ3) is 4.55. The number of hydrogen-bond acceptors (Lipinski definition) is 6. The molecule has 1 aromatic rings. The summed E-state index contributed by atoms with van der Waals surface area (Å²) >= 11 is 6.23. The lowest BCUT2D eigenvalue weighted by Gasteiger charge is -2.59. The molecule has 2 N–H and O–H groups in total. The fraction of sp³-hybridized carbons (Fsp3) is 0.692. The molecule has 4 aliphatic carbocycles. The first-order valence-electron chi connectivity index (χ1n) is 12.7. The SMILES string of the molecule is COc1ccc(Cl)cc1N1CCN(C(C)(C)C(=O)NC2C3CC4CC2CC(OC(=O)O)(C4)C3)CC1. The maximum Gasteiger partial charge on any atom is 0.506 e. The van der Waals surface area contributed by atoms with E-state index in [1.807, 2.05) is 32.0 Å². The van der Waals surface area contributed by atoms with Crippen LogP contribution in [0.3, 0.4) is 0 Å². The summed E-state index contributed by atoms with van der Waals surface area (Å²) in [6.45, 7) is 7.07. The molecular weight excluding hydrogens is 470 g/mol. The molecule has 2 atom stereocenters. The molecule has 2 unspecified atom stereocenters. The molecule has 0 aromatic heterocycles. The highest BCUT2D eigenvalue weighted by atomic mass is 35.5. The van der Waals surface area contributed by atoms with E-state index < -0.39 is 17.3 Å². The number of halogens is 1. The average Bonchev–Trinajstić information content (AvgIpc) is 2.80. The van der Waals surface area contributed by atoms with E-state index >= 15 is 0 Å². The van der Waals surface area contributed by atoms with E-state index in [0.717, 1.165) is 69.7 Å². The smallest absolute Gasteiger partial charge is 0.495 e. The molecule has 192 valence electrons. The quantitative estimate of drug-likeness (QED) is 0.564. The first kappa shape index (κ1) is 24.5. The van der Waals surface area contributed by atoms with Gasteiger partial charge in [0.2, 0.25) is 5.91 Å². The number of amides is 1. The minimum Gasteiger partial charge on any atom is -0.495 e. The summed E-state index contributed by atoms with van der Waals surface area (Å²) < 4.78 is 10.9. The van der Waals surface area contributed by atoms with Gasteiger partial charge in [-0.2, -0.15) is 0 Å². The molecule has 1 aliphatic heterocycles. The number of rotatable bonds is 6. The van der Waals surface area contributed by atoms with Crippen molar-refractivity contribution in [3.05, 3.63) is 23.2 Å². The molecule has 1 heterocycles. The van der Waals surface area contributed by atoms with Crippen LogP contribution in [0.5, 0.6) is 5.75 Å². The molecule has 35 heavy (non-hydrogen) atoms. The van der Waals surface area contributed by atoms with Crippen molar-refractivity contribution in [2.75, 3.05) is 38.2 Å². The van der Waals surface area contributed by atoms with Gasteiger partial charge in [-0.3, -0.25) is 9.69 Å². The maximum absolute atomic E-state index is 13.6. The van der Waals surface area contributed by atoms with Crippen LogP contribution in [0.1, 0.15) is 46.0 Å². The summed E-state index contributed by atoms with van der Waals surface area (Å²) in [7, 11) is 1.66. The Bertz CT molecular complexity index is 977. The second-order valence-corrected chi connectivity index (χ2v) is 11.8. The van der Waals surface area contributed by atoms with Gasteiger partial charge >= 0.3 is 6.16 Å². The second kappa shape index (κ2) is 9.04. The van der Waals surface area contributed by atoms with E-state index in [4.69, 9.17) is 21.1 Å². The fourth-order valence-corrected chi connectivity index (χ4v) is 7.55. The Morgan fingerprint density at radius 2 is 1.77 bits per heavy atom. The van der Waals surface area contributed by atoms with E-state index in [-0.39, 0.29) is 23.8 Å². The lowest BCUT2D eigenvalue weighted by molar-refractivity contribution is -0.157. The van der Waals surface area contributed by atoms with Gasteiger partial charge in [0.15, 0.2) is 0 Å². The molecule has 4 saturated carbocycles. The van der Waals surface area contributed by atoms with Gasteiger partial charge in [0.1, 0.15) is 11.4 Å². The van der Waals surface area contributed by atoms with Crippen molar-refractivity contribution in [1.82, 2.24) is 10.2 Å². The van der Waals surface area contributed by atoms with Crippen molar-refractivity contribution in [2.45, 2.75) is 63.1 Å². The number of carbonyl (C=O) groups excluding carboxylic acids is 1. The molecule has 1 amide bonds. The first-order valence-corrected chi connectivity index (χ1v) is 13.0. The van der Waals surface area contributed by atoms with Gasteiger partial charge in [-0.05, 0) is 81.9 Å². The summed E-state index contributed by atoms with van der Waals surface area (Å²) in [5.74, 6) is 1.92. The second-order valence-electron chi connectivity index (χ2n) is 11.4. The van der Waals surface area contributed by atoms with Gasteiger partial charge in [-0.1, -0.05) is 11.6 Å². The number of carboxylic acid groups (broad SMARTS) is 1. The lowest BCUT2D eigenvalue weighted by Crippen LogP contribution is -2.66. The highest BCUT2D eigenvalue weighted by molar-refractivity contribution is 6.30. The van der Waals surface area contributed by atoms with E-state index in [1.165, 1.54) is 0 Å². The number of anilines is 1. The highest BCUT2D eigenvalue weighted by Gasteiger charge is 2.58. The molecule has 1 aromatic carbocycles. The number of nitrogens with zero attached hydrogens (tertiary/aromatic N) is 2. The molecule has 1 saturated heterocycles. The van der Waals surface area contributed by atoms with Crippen LogP contribution in [0.2, 0.25) is 5.02 Å². The topological polar surface area (TPSA) is 91.3 Å². The number of methoxy groups -OCH3 is 1. The number of piperazine rings is 1. The van der Waals surface area contributed by atoms with E-state index in [9.17, 15) is 14.7 Å². The number of nitrogens with one attached hydrogen (secondary N) is 1. The highest BCUT2D eigenvalue weighted by Crippen LogP contribution is 2.57. The number of benzene rings is 1. The van der Waals surface area contributed by atoms with Gasteiger partial charge in [0, 0.05) is 37.2 Å². The van der Waals surface area contributed by atoms with Crippen molar-refractivity contribution in [3.8, 4) is 5.75 Å². The zero-order chi connectivity index (χ0) is 25.0. The van der Waals surface area contributed by atoms with Gasteiger partial charge in [-0.15, -0.1) is 0 Å². The molecule has 8 nitrogen and oxygen atoms in total. The van der Waals surface area contributed by atoms with Crippen LogP contribution >= 0.6 is 11.6 Å². The molecule has 5 aliphatic rings. The van der Waals surface area contributed by atoms with Crippen LogP contribution in [0, 0.1) is 17.8 Å². The Hall–Kier alpha value is -2.19. The minimum absolute atomic E-state index is 0.0527. The van der Waals surface area contributed by atoms with Crippen LogP contribution in [-0.2, 0) is 9.53 Å². The van der Waals surface area contributed by atoms with Gasteiger partial charge in [-0.25, -0.2) is 4.79 Å². The van der Waals surface area contributed by atoms with Gasteiger partial charge < -0.3 is 24.8 Å². The number of ether oxygens (including phenoxy) is 2. The zero-order valence-corrected chi connectivity index (χ0v) is 21.5. The summed E-state index contributed by atoms with van der Waals surface area (Å²) in [6.07, 6.45) is 3.19. The van der Waals surface area contributed by atoms with Crippen LogP contribution < -0.4 is 15.0 Å². The monoisotopic (exact) mass is 505 g/mol. The Kier molecular flexibility index (Phi) is 6.33. The molecule has 0 radical (unpaired) electrons. The Morgan fingerprint density at radius 1 is 1.11 bits per heavy atom. The maximum atomic E-state index is 13.6. The minimum atomic E-state index is -1.18. The largest absolute Gasteiger partial charge is 0.506 e. The van der Waals surface area contributed by atoms with Crippen LogP contribution in [0.25, 0.3) is 0 Å². The predicted molar refractivity (Wildman–Crippen MR) is 133 cm³/mol. The zero-order valence-electron chi connectivity index (χ0n) is 20.8. The predicted octanol–water partition coefficient (Wildman–Crippen LogP) is 4.01. The Morgan fingerprint density at radius 3 is 2.37 bits per heavy atom. The first-order chi connectivity index (χ1) is 16.6. The van der Waals surface area contributed by atoms with Crippen molar-refractivity contribution in [2.24, 2.45) is 17.8 Å². The molecule has 5 fully saturated rings. The number of carbonyl (C=O) groups is 2. The normalized spacial score (nSPS) is 32.4. The Labute approximate surface area is 211 Å². The summed E-state index contributed by atoms with van der Waals surface area (Å²) in [5, 5.41) is 13.3. The lowest BCUT2D eigenvalue weighted by atomic mass is 9.52. The molecular formula is C26H36ClN3O5. The molecule has 6 rings (SSSR count). The van der Waals surface area contributed by atoms with Crippen molar-refractivity contribution in [3.63, 3.8) is 0 Å². The van der Waals surface area contributed by atoms with E-state index in [2.05, 4.69) is 15.1 Å². The van der Waals surface area contributed by atoms with Gasteiger partial charge in [0.05, 0.1) is 18.3 Å². The summed E-state index contributed by atoms with van der Waals surface area (Å²) in [4.78, 5) is 29.4. The molecule has 4 bridgehead atoms. The van der Waals surface area contributed by atoms with Crippen molar-refractivity contribution >= 4 is 29.4 Å². The molecule has 0 spiro atoms. The van der Waals surface area contributed by atoms with Gasteiger partial charge in [0.25, 0.3) is 0 Å². The Balaban J connectivity index is 1.22. The summed E-state index contributed by atoms with van der Waals surface area (Å²) in [6, 6.07) is 5.74. The third-order valence-electron chi connectivity index (χ3n) is 8.93. The average molecular weight is 506 g/mol. The number of hydrogen-bond donors (Lipinski definition) is 2. The van der Waals surface area contributed by atoms with E-state index in [1.54, 1.807) is 7.11 Å². The van der Waals surface area contributed by atoms with Crippen LogP contribution in [0.15, 0.2) is 18.2 Å². The van der Waals surface area contributed by atoms with Crippen molar-refractivity contribution < 1.29 is 24.2 Å². The van der Waals surface area contributed by atoms with Crippen LogP contribution in [-0.4, -0.2) is 72.5 Å². The fourth-order valence-electron chi connectivity index (χ4n) is 7.38. The third-order valence-corrected chi connectivity index (χ3v) is 9.16. The van der Waals surface area contributed by atoms with Crippen LogP contribution in [0.4, 0.5) is 10.5 Å². The molecule has 9 heteroatoms. The summed E-state index contributed by atoms with van der Waals surface area (Å²) in [5.41, 5.74) is -0.210. The van der Waals surface area contributed by atoms with E-state index in [0.29, 0.717) is 10.9 Å². The standard InChI is InChI=1S/C26H36ClN3O5/c1-25(2,30-8-6-29(7-9-30)20-12-19(27)4-5-21(20)34-3)23(31)28-22-17-10-16-11-18(22)15-26(13-16,14-17)35-24(32)33/h4-5,12,16-18,22H,6-11,13-15H2,1-3H3,(H,28,31)(H,32,33). The van der Waals surface area contributed by atoms with Crippen molar-refractivity contribution in [1.29, 1.82) is 0 Å².